The van der Waals surface area contributed by atoms with Gasteiger partial charge in [-0.15, -0.1) is 0 Å². The number of nitrogens with one attached hydrogen (secondary N) is 1. The number of methoxy groups -OCH3 is 1. The zero-order valence-corrected chi connectivity index (χ0v) is 21.3. The van der Waals surface area contributed by atoms with Crippen LogP contribution in [-0.4, -0.2) is 26.8 Å². The van der Waals surface area contributed by atoms with E-state index in [4.69, 9.17) is 28.6 Å². The zero-order valence-electron chi connectivity index (χ0n) is 19.8. The maximum Gasteiger partial charge on any atom is 0.174 e. The summed E-state index contributed by atoms with van der Waals surface area (Å²) in [6, 6.07) is 17.8. The topological polar surface area (TPSA) is 55.2 Å². The van der Waals surface area contributed by atoms with Gasteiger partial charge in [0.1, 0.15) is 5.75 Å². The van der Waals surface area contributed by atoms with Gasteiger partial charge in [0.15, 0.2) is 5.11 Å². The summed E-state index contributed by atoms with van der Waals surface area (Å²) < 4.78 is 7.69. The number of nitrogens with zero attached hydrogens (tertiary/aromatic N) is 4. The Morgan fingerprint density at radius 2 is 1.94 bits per heavy atom. The Bertz CT molecular complexity index is 1360. The average Bonchev–Trinajstić information content (AvgIpc) is 3.36. The molecule has 0 amide bonds. The first kappa shape index (κ1) is 23.3. The molecular weight excluding hydrogens is 478 g/mol. The van der Waals surface area contributed by atoms with Gasteiger partial charge in [-0.05, 0) is 79.7 Å². The molecule has 1 aliphatic rings. The van der Waals surface area contributed by atoms with Crippen LogP contribution in [0.5, 0.6) is 5.75 Å². The SMILES string of the molecule is COc1ccc(N2C(=S)N[C@@H](c3ccccn3)[C@@H]2c2cc(C)n(Cc3cccnc3)c2C)cc1Cl. The van der Waals surface area contributed by atoms with E-state index in [1.54, 1.807) is 13.3 Å². The molecule has 3 aromatic heterocycles. The lowest BCUT2D eigenvalue weighted by molar-refractivity contribution is 0.415. The number of pyridine rings is 2. The van der Waals surface area contributed by atoms with Gasteiger partial charge in [-0.3, -0.25) is 9.97 Å². The number of anilines is 1. The van der Waals surface area contributed by atoms with Crippen LogP contribution in [0.2, 0.25) is 5.02 Å². The predicted octanol–water partition coefficient (Wildman–Crippen LogP) is 5.78. The van der Waals surface area contributed by atoms with E-state index in [1.807, 2.05) is 54.9 Å². The molecule has 1 aliphatic heterocycles. The van der Waals surface area contributed by atoms with Crippen molar-refractivity contribution in [3.8, 4) is 5.75 Å². The minimum atomic E-state index is -0.128. The second-order valence-electron chi connectivity index (χ2n) is 8.59. The van der Waals surface area contributed by atoms with Crippen LogP contribution >= 0.6 is 23.8 Å². The zero-order chi connectivity index (χ0) is 24.5. The smallest absolute Gasteiger partial charge is 0.174 e. The first-order chi connectivity index (χ1) is 17.0. The largest absolute Gasteiger partial charge is 0.495 e. The van der Waals surface area contributed by atoms with E-state index in [2.05, 4.69) is 50.7 Å². The van der Waals surface area contributed by atoms with Crippen LogP contribution in [0.4, 0.5) is 5.69 Å². The number of aromatic nitrogens is 3. The van der Waals surface area contributed by atoms with Gasteiger partial charge in [-0.25, -0.2) is 0 Å². The van der Waals surface area contributed by atoms with Gasteiger partial charge >= 0.3 is 0 Å². The van der Waals surface area contributed by atoms with Gasteiger partial charge in [-0.1, -0.05) is 23.7 Å². The highest BCUT2D eigenvalue weighted by Crippen LogP contribution is 2.44. The molecule has 8 heteroatoms. The van der Waals surface area contributed by atoms with Crippen molar-refractivity contribution in [2.75, 3.05) is 12.0 Å². The fourth-order valence-electron chi connectivity index (χ4n) is 4.80. The second kappa shape index (κ2) is 9.68. The molecule has 1 aromatic carbocycles. The number of hydrogen-bond acceptors (Lipinski definition) is 4. The molecular formula is C27H26ClN5OS. The van der Waals surface area contributed by atoms with Crippen LogP contribution in [0.25, 0.3) is 0 Å². The van der Waals surface area contributed by atoms with E-state index < -0.39 is 0 Å². The summed E-state index contributed by atoms with van der Waals surface area (Å²) >= 11 is 12.4. The molecule has 4 heterocycles. The van der Waals surface area contributed by atoms with E-state index in [-0.39, 0.29) is 12.1 Å². The predicted molar refractivity (Wildman–Crippen MR) is 143 cm³/mol. The molecule has 6 nitrogen and oxygen atoms in total. The summed E-state index contributed by atoms with van der Waals surface area (Å²) in [6.07, 6.45) is 5.52. The molecule has 178 valence electrons. The molecule has 0 bridgehead atoms. The van der Waals surface area contributed by atoms with Gasteiger partial charge in [-0.2, -0.15) is 0 Å². The van der Waals surface area contributed by atoms with Gasteiger partial charge < -0.3 is 19.5 Å². The molecule has 0 unspecified atom stereocenters. The van der Waals surface area contributed by atoms with Crippen molar-refractivity contribution >= 4 is 34.6 Å². The Morgan fingerprint density at radius 1 is 1.09 bits per heavy atom. The molecule has 4 aromatic rings. The highest BCUT2D eigenvalue weighted by Gasteiger charge is 2.42. The van der Waals surface area contributed by atoms with E-state index in [1.165, 1.54) is 17.0 Å². The molecule has 1 N–H and O–H groups in total. The number of ether oxygens (including phenoxy) is 1. The summed E-state index contributed by atoms with van der Waals surface area (Å²) in [4.78, 5) is 11.1. The van der Waals surface area contributed by atoms with Crippen LogP contribution in [0.1, 0.15) is 40.3 Å². The molecule has 1 fully saturated rings. The van der Waals surface area contributed by atoms with Gasteiger partial charge in [0.25, 0.3) is 0 Å². The minimum absolute atomic E-state index is 0.115. The van der Waals surface area contributed by atoms with Crippen molar-refractivity contribution in [2.45, 2.75) is 32.5 Å². The third-order valence-corrected chi connectivity index (χ3v) is 7.12. The number of thiocarbonyl (C=S) groups is 1. The molecule has 2 atom stereocenters. The Balaban J connectivity index is 1.62. The number of benzene rings is 1. The van der Waals surface area contributed by atoms with Crippen molar-refractivity contribution < 1.29 is 4.74 Å². The maximum atomic E-state index is 6.52. The van der Waals surface area contributed by atoms with Gasteiger partial charge in [0.2, 0.25) is 0 Å². The quantitative estimate of drug-likeness (QED) is 0.336. The highest BCUT2D eigenvalue weighted by atomic mass is 35.5. The van der Waals surface area contributed by atoms with Crippen LogP contribution in [0.15, 0.2) is 73.2 Å². The normalized spacial score (nSPS) is 17.5. The molecule has 35 heavy (non-hydrogen) atoms. The Hall–Kier alpha value is -3.42. The number of rotatable bonds is 6. The van der Waals surface area contributed by atoms with Gasteiger partial charge in [0.05, 0.1) is 29.9 Å². The van der Waals surface area contributed by atoms with Crippen molar-refractivity contribution in [1.82, 2.24) is 19.9 Å². The van der Waals surface area contributed by atoms with Crippen molar-refractivity contribution in [3.05, 3.63) is 106 Å². The van der Waals surface area contributed by atoms with Crippen LogP contribution in [0, 0.1) is 13.8 Å². The van der Waals surface area contributed by atoms with E-state index in [0.29, 0.717) is 15.9 Å². The first-order valence-electron chi connectivity index (χ1n) is 11.4. The summed E-state index contributed by atoms with van der Waals surface area (Å²) in [5.74, 6) is 0.626. The average molecular weight is 504 g/mol. The summed E-state index contributed by atoms with van der Waals surface area (Å²) in [5.41, 5.74) is 6.51. The minimum Gasteiger partial charge on any atom is -0.495 e. The number of aryl methyl sites for hydroxylation is 1. The maximum absolute atomic E-state index is 6.52. The summed E-state index contributed by atoms with van der Waals surface area (Å²) in [5, 5.41) is 4.69. The number of halogens is 1. The molecule has 0 spiro atoms. The third-order valence-electron chi connectivity index (χ3n) is 6.51. The van der Waals surface area contributed by atoms with Gasteiger partial charge in [0, 0.05) is 42.2 Å². The number of hydrogen-bond donors (Lipinski definition) is 1. The van der Waals surface area contributed by atoms with Crippen LogP contribution < -0.4 is 15.0 Å². The Labute approximate surface area is 215 Å². The van der Waals surface area contributed by atoms with Crippen molar-refractivity contribution in [2.24, 2.45) is 0 Å². The van der Waals surface area contributed by atoms with Crippen molar-refractivity contribution in [3.63, 3.8) is 0 Å². The van der Waals surface area contributed by atoms with E-state index in [0.717, 1.165) is 23.5 Å². The second-order valence-corrected chi connectivity index (χ2v) is 9.38. The lowest BCUT2D eigenvalue weighted by Gasteiger charge is -2.28. The van der Waals surface area contributed by atoms with Crippen LogP contribution in [-0.2, 0) is 6.54 Å². The Kier molecular flexibility index (Phi) is 6.45. The van der Waals surface area contributed by atoms with Crippen LogP contribution in [0.3, 0.4) is 0 Å². The first-order valence-corrected chi connectivity index (χ1v) is 12.2. The lowest BCUT2D eigenvalue weighted by Crippen LogP contribution is -2.29. The molecule has 0 radical (unpaired) electrons. The molecule has 0 saturated carbocycles. The monoisotopic (exact) mass is 503 g/mol. The van der Waals surface area contributed by atoms with E-state index >= 15 is 0 Å². The molecule has 5 rings (SSSR count). The van der Waals surface area contributed by atoms with E-state index in [9.17, 15) is 0 Å². The fourth-order valence-corrected chi connectivity index (χ4v) is 5.40. The standard InChI is InChI=1S/C27H26ClN5OS/c1-17-13-21(18(2)32(17)16-19-7-6-11-29-15-19)26-25(23-8-4-5-12-30-23)31-27(35)33(26)20-9-10-24(34-3)22(28)14-20/h4-15,25-26H,16H2,1-3H3,(H,31,35)/t25-,26-/m0/s1. The third kappa shape index (κ3) is 4.37. The van der Waals surface area contributed by atoms with Crippen molar-refractivity contribution in [1.29, 1.82) is 0 Å². The lowest BCUT2D eigenvalue weighted by atomic mass is 9.96. The Morgan fingerprint density at radius 3 is 2.63 bits per heavy atom. The highest BCUT2D eigenvalue weighted by molar-refractivity contribution is 7.80. The fraction of sp³-hybridized carbons (Fsp3) is 0.222. The molecule has 0 aliphatic carbocycles. The summed E-state index contributed by atoms with van der Waals surface area (Å²) in [7, 11) is 1.61. The molecule has 1 saturated heterocycles. The summed E-state index contributed by atoms with van der Waals surface area (Å²) in [6.45, 7) is 5.05.